The number of aromatic hydroxyl groups is 1. The summed E-state index contributed by atoms with van der Waals surface area (Å²) in [7, 11) is 0. The highest BCUT2D eigenvalue weighted by molar-refractivity contribution is 9.09. The number of likely N-dealkylation sites (tertiary alicyclic amines) is 2. The van der Waals surface area contributed by atoms with E-state index in [1.165, 1.54) is 11.0 Å². The highest BCUT2D eigenvalue weighted by Gasteiger charge is 2.76. The zero-order chi connectivity index (χ0) is 25.7. The fourth-order valence-corrected chi connectivity index (χ4v) is 7.91. The molecule has 5 rings (SSSR count). The molecule has 0 radical (unpaired) electrons. The number of rotatable bonds is 2. The summed E-state index contributed by atoms with van der Waals surface area (Å²) in [5.41, 5.74) is 0.210. The molecule has 0 spiro atoms. The normalized spacial score (nSPS) is 36.8. The first-order valence-electron chi connectivity index (χ1n) is 11.5. The monoisotopic (exact) mass is 582 g/mol. The molecule has 0 unspecified atom stereocenters. The van der Waals surface area contributed by atoms with Crippen LogP contribution >= 0.6 is 39.1 Å². The molecule has 2 heterocycles. The van der Waals surface area contributed by atoms with Crippen molar-refractivity contribution in [2.45, 2.75) is 54.8 Å². The van der Waals surface area contributed by atoms with Gasteiger partial charge in [-0.05, 0) is 45.6 Å². The minimum atomic E-state index is -1.91. The average Bonchev–Trinajstić information content (AvgIpc) is 3.13. The molecule has 2 aliphatic carbocycles. The standard InChI is InChI=1S/C25H25BrCl2N2O5/c1-23(2,3)30-19(32)14-9-8-12-15(17(14)20(30)33)10-24(27)21(34)29(11-26)22(35)25(24,28)18(12)13-6-4-5-7-16(13)31/h4-8,14-15,17-18,31H,9-11H2,1-3H3/t14-,15+,17-,18+,24+,25-/m0/s1. The lowest BCUT2D eigenvalue weighted by Crippen LogP contribution is -2.60. The number of carbonyl (C=O) groups is 4. The first kappa shape index (κ1) is 24.8. The van der Waals surface area contributed by atoms with E-state index >= 15 is 0 Å². The predicted molar refractivity (Wildman–Crippen MR) is 133 cm³/mol. The van der Waals surface area contributed by atoms with Crippen LogP contribution in [0.1, 0.15) is 45.1 Å². The van der Waals surface area contributed by atoms with Gasteiger partial charge >= 0.3 is 0 Å². The molecule has 1 saturated carbocycles. The number of para-hydroxylation sites is 1. The van der Waals surface area contributed by atoms with E-state index in [2.05, 4.69) is 15.9 Å². The number of alkyl halides is 3. The Balaban J connectivity index is 1.74. The second-order valence-corrected chi connectivity index (χ2v) is 12.5. The molecule has 186 valence electrons. The largest absolute Gasteiger partial charge is 0.508 e. The highest BCUT2D eigenvalue weighted by Crippen LogP contribution is 2.66. The van der Waals surface area contributed by atoms with Gasteiger partial charge in [0.1, 0.15) is 5.75 Å². The van der Waals surface area contributed by atoms with Gasteiger partial charge in [0.15, 0.2) is 9.75 Å². The Kier molecular flexibility index (Phi) is 5.52. The third-order valence-corrected chi connectivity index (χ3v) is 9.85. The van der Waals surface area contributed by atoms with Gasteiger partial charge in [-0.15, -0.1) is 23.2 Å². The van der Waals surface area contributed by atoms with Crippen molar-refractivity contribution >= 4 is 62.8 Å². The van der Waals surface area contributed by atoms with Gasteiger partial charge in [0, 0.05) is 17.0 Å². The van der Waals surface area contributed by atoms with E-state index in [4.69, 9.17) is 23.2 Å². The van der Waals surface area contributed by atoms with Gasteiger partial charge in [-0.1, -0.05) is 45.8 Å². The number of phenols is 1. The number of hydrogen-bond donors (Lipinski definition) is 1. The summed E-state index contributed by atoms with van der Waals surface area (Å²) in [5, 5.41) is 10.8. The smallest absolute Gasteiger partial charge is 0.254 e. The summed E-state index contributed by atoms with van der Waals surface area (Å²) in [6, 6.07) is 6.48. The number of hydrogen-bond acceptors (Lipinski definition) is 5. The zero-order valence-corrected chi connectivity index (χ0v) is 22.5. The van der Waals surface area contributed by atoms with Gasteiger partial charge in [0.2, 0.25) is 11.8 Å². The van der Waals surface area contributed by atoms with E-state index in [1.54, 1.807) is 39.0 Å². The number of fused-ring (bicyclic) bond motifs is 4. The van der Waals surface area contributed by atoms with Gasteiger partial charge < -0.3 is 5.11 Å². The molecule has 0 bridgehead atoms. The second kappa shape index (κ2) is 7.80. The first-order chi connectivity index (χ1) is 16.3. The van der Waals surface area contributed by atoms with E-state index in [-0.39, 0.29) is 29.4 Å². The molecule has 1 N–H and O–H groups in total. The third-order valence-electron chi connectivity index (χ3n) is 7.93. The van der Waals surface area contributed by atoms with Crippen LogP contribution in [0.2, 0.25) is 0 Å². The van der Waals surface area contributed by atoms with E-state index in [0.717, 1.165) is 4.90 Å². The second-order valence-electron chi connectivity index (χ2n) is 10.7. The number of amides is 4. The third kappa shape index (κ3) is 3.02. The van der Waals surface area contributed by atoms with Crippen molar-refractivity contribution in [3.63, 3.8) is 0 Å². The maximum absolute atomic E-state index is 13.7. The Morgan fingerprint density at radius 1 is 1.06 bits per heavy atom. The van der Waals surface area contributed by atoms with Crippen molar-refractivity contribution in [3.05, 3.63) is 41.5 Å². The zero-order valence-electron chi connectivity index (χ0n) is 19.4. The summed E-state index contributed by atoms with van der Waals surface area (Å²) in [5.74, 6) is -4.83. The van der Waals surface area contributed by atoms with Crippen LogP contribution in [0.4, 0.5) is 0 Å². The Bertz CT molecular complexity index is 1210. The summed E-state index contributed by atoms with van der Waals surface area (Å²) >= 11 is 17.4. The van der Waals surface area contributed by atoms with Gasteiger partial charge in [0.25, 0.3) is 11.8 Å². The Labute approximate surface area is 221 Å². The molecule has 6 atom stereocenters. The molecular weight excluding hydrogens is 559 g/mol. The molecule has 10 heteroatoms. The lowest BCUT2D eigenvalue weighted by molar-refractivity contribution is -0.146. The fourth-order valence-electron chi connectivity index (χ4n) is 6.49. The van der Waals surface area contributed by atoms with Crippen LogP contribution in [0, 0.1) is 17.8 Å². The van der Waals surface area contributed by atoms with Crippen LogP contribution in [-0.4, -0.2) is 59.3 Å². The van der Waals surface area contributed by atoms with Crippen molar-refractivity contribution in [3.8, 4) is 5.75 Å². The van der Waals surface area contributed by atoms with Gasteiger partial charge in [0.05, 0.1) is 17.3 Å². The lowest BCUT2D eigenvalue weighted by atomic mass is 9.56. The van der Waals surface area contributed by atoms with E-state index in [0.29, 0.717) is 17.6 Å². The van der Waals surface area contributed by atoms with Crippen LogP contribution in [0.3, 0.4) is 0 Å². The number of nitrogens with zero attached hydrogens (tertiary/aromatic N) is 2. The molecule has 3 fully saturated rings. The van der Waals surface area contributed by atoms with E-state index in [9.17, 15) is 24.3 Å². The molecule has 4 amide bonds. The number of halogens is 3. The number of phenolic OH excluding ortho intramolecular Hbond substituents is 1. The van der Waals surface area contributed by atoms with Crippen molar-refractivity contribution < 1.29 is 24.3 Å². The number of imide groups is 2. The highest BCUT2D eigenvalue weighted by atomic mass is 79.9. The fraction of sp³-hybridized carbons (Fsp3) is 0.520. The van der Waals surface area contributed by atoms with E-state index < -0.39 is 50.8 Å². The van der Waals surface area contributed by atoms with Crippen molar-refractivity contribution in [2.24, 2.45) is 17.8 Å². The van der Waals surface area contributed by atoms with Crippen LogP contribution < -0.4 is 0 Å². The Morgan fingerprint density at radius 3 is 2.31 bits per heavy atom. The number of benzene rings is 1. The summed E-state index contributed by atoms with van der Waals surface area (Å²) in [6.07, 6.45) is 2.08. The lowest BCUT2D eigenvalue weighted by Gasteiger charge is -2.50. The van der Waals surface area contributed by atoms with Crippen LogP contribution in [0.15, 0.2) is 35.9 Å². The SMILES string of the molecule is CC(C)(C)N1C(=O)[C@H]2[C@H](CC=C3[C@H]2C[C@@]2(Cl)C(=O)N(CBr)C(=O)[C@@]2(Cl)[C@H]3c2ccccc2O)C1=O. The molecule has 1 aromatic rings. The molecule has 2 saturated heterocycles. The quantitative estimate of drug-likeness (QED) is 0.247. The maximum atomic E-state index is 13.7. The van der Waals surface area contributed by atoms with Gasteiger partial charge in [-0.25, -0.2) is 0 Å². The van der Waals surface area contributed by atoms with Crippen LogP contribution in [0.5, 0.6) is 5.75 Å². The number of carbonyl (C=O) groups excluding carboxylic acids is 4. The van der Waals surface area contributed by atoms with Crippen molar-refractivity contribution in [2.75, 3.05) is 5.45 Å². The topological polar surface area (TPSA) is 95.0 Å². The van der Waals surface area contributed by atoms with Crippen molar-refractivity contribution in [1.29, 1.82) is 0 Å². The molecule has 0 aromatic heterocycles. The molecule has 2 aliphatic heterocycles. The first-order valence-corrected chi connectivity index (χ1v) is 13.3. The van der Waals surface area contributed by atoms with Crippen molar-refractivity contribution in [1.82, 2.24) is 9.80 Å². The molecule has 1 aromatic carbocycles. The number of allylic oxidation sites excluding steroid dienone is 2. The average molecular weight is 584 g/mol. The maximum Gasteiger partial charge on any atom is 0.254 e. The minimum absolute atomic E-state index is 0.0692. The molecule has 4 aliphatic rings. The van der Waals surface area contributed by atoms with Gasteiger partial charge in [-0.2, -0.15) is 0 Å². The van der Waals surface area contributed by atoms with E-state index in [1.807, 2.05) is 6.08 Å². The Morgan fingerprint density at radius 2 is 1.71 bits per heavy atom. The summed E-state index contributed by atoms with van der Waals surface area (Å²) < 4.78 is 0. The predicted octanol–water partition coefficient (Wildman–Crippen LogP) is 3.90. The minimum Gasteiger partial charge on any atom is -0.508 e. The Hall–Kier alpha value is -1.90. The molecule has 7 nitrogen and oxygen atoms in total. The molecular formula is C25H25BrCl2N2O5. The summed E-state index contributed by atoms with van der Waals surface area (Å²) in [4.78, 5) is 52.6. The molecule has 35 heavy (non-hydrogen) atoms. The van der Waals surface area contributed by atoms with Gasteiger partial charge in [-0.3, -0.25) is 29.0 Å². The van der Waals surface area contributed by atoms with Crippen LogP contribution in [-0.2, 0) is 19.2 Å². The summed E-state index contributed by atoms with van der Waals surface area (Å²) in [6.45, 7) is 5.42. The van der Waals surface area contributed by atoms with Crippen LogP contribution in [0.25, 0.3) is 0 Å².